The molecule has 1 aromatic carbocycles. The second-order valence-electron chi connectivity index (χ2n) is 4.61. The maximum atomic E-state index is 12.0. The van der Waals surface area contributed by atoms with E-state index in [1.54, 1.807) is 12.1 Å². The summed E-state index contributed by atoms with van der Waals surface area (Å²) in [6, 6.07) is 5.47. The van der Waals surface area contributed by atoms with Gasteiger partial charge in [-0.2, -0.15) is 0 Å². The predicted octanol–water partition coefficient (Wildman–Crippen LogP) is 1.89. The SMILES string of the molecule is CCOCCCNC(=O)c1ccc(C)c(C#CCCO)c1. The fraction of sp³-hybridized carbons (Fsp3) is 0.471. The van der Waals surface area contributed by atoms with Gasteiger partial charge in [0.1, 0.15) is 0 Å². The van der Waals surface area contributed by atoms with E-state index >= 15 is 0 Å². The van der Waals surface area contributed by atoms with E-state index in [4.69, 9.17) is 9.84 Å². The van der Waals surface area contributed by atoms with Crippen LogP contribution in [0.2, 0.25) is 0 Å². The van der Waals surface area contributed by atoms with E-state index in [2.05, 4.69) is 17.2 Å². The number of nitrogens with one attached hydrogen (secondary N) is 1. The molecule has 0 aromatic heterocycles. The normalized spacial score (nSPS) is 9.86. The molecule has 4 heteroatoms. The van der Waals surface area contributed by atoms with Crippen LogP contribution >= 0.6 is 0 Å². The van der Waals surface area contributed by atoms with Crippen molar-refractivity contribution in [1.82, 2.24) is 5.32 Å². The molecule has 1 rings (SSSR count). The van der Waals surface area contributed by atoms with Gasteiger partial charge in [0.2, 0.25) is 0 Å². The van der Waals surface area contributed by atoms with Gasteiger partial charge in [-0.3, -0.25) is 4.79 Å². The van der Waals surface area contributed by atoms with Gasteiger partial charge >= 0.3 is 0 Å². The summed E-state index contributed by atoms with van der Waals surface area (Å²) in [5.74, 6) is 5.76. The van der Waals surface area contributed by atoms with Crippen molar-refractivity contribution >= 4 is 5.91 Å². The highest BCUT2D eigenvalue weighted by molar-refractivity contribution is 5.94. The molecule has 0 atom stereocenters. The van der Waals surface area contributed by atoms with Crippen LogP contribution in [0.1, 0.15) is 41.3 Å². The number of hydrogen-bond acceptors (Lipinski definition) is 3. The van der Waals surface area contributed by atoms with E-state index < -0.39 is 0 Å². The molecule has 21 heavy (non-hydrogen) atoms. The molecule has 0 radical (unpaired) electrons. The molecule has 0 aliphatic carbocycles. The van der Waals surface area contributed by atoms with E-state index in [1.807, 2.05) is 19.9 Å². The second kappa shape index (κ2) is 9.98. The van der Waals surface area contributed by atoms with Crippen LogP contribution < -0.4 is 5.32 Å². The van der Waals surface area contributed by atoms with Gasteiger partial charge in [0.15, 0.2) is 0 Å². The molecular weight excluding hydrogens is 266 g/mol. The molecule has 0 bridgehead atoms. The molecule has 114 valence electrons. The van der Waals surface area contributed by atoms with Crippen molar-refractivity contribution in [2.24, 2.45) is 0 Å². The minimum atomic E-state index is -0.100. The highest BCUT2D eigenvalue weighted by Gasteiger charge is 2.06. The van der Waals surface area contributed by atoms with Gasteiger partial charge in [-0.25, -0.2) is 0 Å². The van der Waals surface area contributed by atoms with Gasteiger partial charge in [-0.05, 0) is 38.0 Å². The maximum absolute atomic E-state index is 12.0. The summed E-state index contributed by atoms with van der Waals surface area (Å²) in [7, 11) is 0. The van der Waals surface area contributed by atoms with Crippen LogP contribution in [0.15, 0.2) is 18.2 Å². The first-order chi connectivity index (χ1) is 10.2. The molecule has 1 aromatic rings. The number of rotatable bonds is 7. The maximum Gasteiger partial charge on any atom is 0.251 e. The molecule has 1 amide bonds. The fourth-order valence-electron chi connectivity index (χ4n) is 1.73. The summed E-state index contributed by atoms with van der Waals surface area (Å²) in [6.07, 6.45) is 1.24. The number of benzene rings is 1. The lowest BCUT2D eigenvalue weighted by Gasteiger charge is -2.07. The second-order valence-corrected chi connectivity index (χ2v) is 4.61. The van der Waals surface area contributed by atoms with E-state index in [-0.39, 0.29) is 12.5 Å². The van der Waals surface area contributed by atoms with Gasteiger partial charge in [0.05, 0.1) is 6.61 Å². The standard InChI is InChI=1S/C17H23NO3/c1-3-21-12-6-10-18-17(20)16-9-8-14(2)15(13-16)7-4-5-11-19/h8-9,13,19H,3,5-6,10-12H2,1-2H3,(H,18,20). The Bertz CT molecular complexity index is 515. The number of ether oxygens (including phenoxy) is 1. The van der Waals surface area contributed by atoms with Crippen LogP contribution in [0.25, 0.3) is 0 Å². The number of aryl methyl sites for hydroxylation is 1. The quantitative estimate of drug-likeness (QED) is 0.595. The molecule has 0 spiro atoms. The van der Waals surface area contributed by atoms with Crippen molar-refractivity contribution in [3.8, 4) is 11.8 Å². The van der Waals surface area contributed by atoms with Gasteiger partial charge in [0.25, 0.3) is 5.91 Å². The number of aliphatic hydroxyl groups excluding tert-OH is 1. The summed E-state index contributed by atoms with van der Waals surface area (Å²) in [4.78, 5) is 12.0. The van der Waals surface area contributed by atoms with Gasteiger partial charge in [0, 0.05) is 37.3 Å². The summed E-state index contributed by atoms with van der Waals surface area (Å²) in [5, 5.41) is 11.6. The Morgan fingerprint density at radius 1 is 1.43 bits per heavy atom. The summed E-state index contributed by atoms with van der Waals surface area (Å²) in [6.45, 7) is 5.89. The van der Waals surface area contributed by atoms with Crippen molar-refractivity contribution < 1.29 is 14.6 Å². The van der Waals surface area contributed by atoms with E-state index in [9.17, 15) is 4.79 Å². The first-order valence-electron chi connectivity index (χ1n) is 7.25. The first-order valence-corrected chi connectivity index (χ1v) is 7.25. The van der Waals surface area contributed by atoms with Crippen LogP contribution in [-0.4, -0.2) is 37.4 Å². The number of aliphatic hydroxyl groups is 1. The number of hydrogen-bond donors (Lipinski definition) is 2. The largest absolute Gasteiger partial charge is 0.395 e. The number of carbonyl (C=O) groups is 1. The molecular formula is C17H23NO3. The van der Waals surface area contributed by atoms with Gasteiger partial charge in [-0.15, -0.1) is 0 Å². The smallest absolute Gasteiger partial charge is 0.251 e. The van der Waals surface area contributed by atoms with Gasteiger partial charge < -0.3 is 15.2 Å². The third-order valence-corrected chi connectivity index (χ3v) is 2.91. The van der Waals surface area contributed by atoms with E-state index in [1.165, 1.54) is 0 Å². The minimum Gasteiger partial charge on any atom is -0.395 e. The molecule has 4 nitrogen and oxygen atoms in total. The zero-order valence-corrected chi connectivity index (χ0v) is 12.7. The average Bonchev–Trinajstić information content (AvgIpc) is 2.49. The number of carbonyl (C=O) groups excluding carboxylic acids is 1. The molecule has 0 saturated carbocycles. The molecule has 0 aliphatic rings. The van der Waals surface area contributed by atoms with Crippen LogP contribution in [0.4, 0.5) is 0 Å². The Balaban J connectivity index is 2.60. The van der Waals surface area contributed by atoms with E-state index in [0.717, 1.165) is 17.5 Å². The third kappa shape index (κ3) is 6.44. The zero-order valence-electron chi connectivity index (χ0n) is 12.7. The average molecular weight is 289 g/mol. The topological polar surface area (TPSA) is 58.6 Å². The highest BCUT2D eigenvalue weighted by atomic mass is 16.5. The summed E-state index contributed by atoms with van der Waals surface area (Å²) >= 11 is 0. The minimum absolute atomic E-state index is 0.0477. The summed E-state index contributed by atoms with van der Waals surface area (Å²) in [5.41, 5.74) is 2.45. The molecule has 0 unspecified atom stereocenters. The van der Waals surface area contributed by atoms with Crippen molar-refractivity contribution in [1.29, 1.82) is 0 Å². The fourth-order valence-corrected chi connectivity index (χ4v) is 1.73. The molecule has 0 heterocycles. The van der Waals surface area contributed by atoms with E-state index in [0.29, 0.717) is 31.7 Å². The Morgan fingerprint density at radius 2 is 2.24 bits per heavy atom. The predicted molar refractivity (Wildman–Crippen MR) is 83.2 cm³/mol. The number of amides is 1. The lowest BCUT2D eigenvalue weighted by molar-refractivity contribution is 0.0944. The van der Waals surface area contributed by atoms with Crippen LogP contribution in [-0.2, 0) is 4.74 Å². The lowest BCUT2D eigenvalue weighted by Crippen LogP contribution is -2.25. The van der Waals surface area contributed by atoms with Crippen molar-refractivity contribution in [3.63, 3.8) is 0 Å². The van der Waals surface area contributed by atoms with Crippen LogP contribution in [0.3, 0.4) is 0 Å². The molecule has 0 fully saturated rings. The third-order valence-electron chi connectivity index (χ3n) is 2.91. The first kappa shape index (κ1) is 17.2. The van der Waals surface area contributed by atoms with Crippen molar-refractivity contribution in [2.75, 3.05) is 26.4 Å². The molecule has 0 aliphatic heterocycles. The van der Waals surface area contributed by atoms with Crippen molar-refractivity contribution in [3.05, 3.63) is 34.9 Å². The van der Waals surface area contributed by atoms with Gasteiger partial charge in [-0.1, -0.05) is 17.9 Å². The highest BCUT2D eigenvalue weighted by Crippen LogP contribution is 2.10. The van der Waals surface area contributed by atoms with Crippen LogP contribution in [0, 0.1) is 18.8 Å². The molecule has 0 saturated heterocycles. The Hall–Kier alpha value is -1.83. The summed E-state index contributed by atoms with van der Waals surface area (Å²) < 4.78 is 5.22. The monoisotopic (exact) mass is 289 g/mol. The zero-order chi connectivity index (χ0) is 15.5. The lowest BCUT2D eigenvalue weighted by atomic mass is 10.0. The Kier molecular flexibility index (Phi) is 8.18. The van der Waals surface area contributed by atoms with Crippen molar-refractivity contribution in [2.45, 2.75) is 26.7 Å². The Labute approximate surface area is 126 Å². The molecule has 2 N–H and O–H groups in total. The Morgan fingerprint density at radius 3 is 2.95 bits per heavy atom. The van der Waals surface area contributed by atoms with Crippen LogP contribution in [0.5, 0.6) is 0 Å².